The monoisotopic (exact) mass is 264 g/mol. The molecule has 2 atom stereocenters. The van der Waals surface area contributed by atoms with Crippen LogP contribution in [0.2, 0.25) is 0 Å². The zero-order chi connectivity index (χ0) is 13.6. The smallest absolute Gasteiger partial charge is 0.334 e. The number of aliphatic imine (C=N–C) groups is 2. The second kappa shape index (κ2) is 4.15. The first-order valence-electron chi connectivity index (χ1n) is 6.48. The molecule has 0 aromatic rings. The molecule has 0 spiro atoms. The summed E-state index contributed by atoms with van der Waals surface area (Å²) in [5, 5.41) is 0. The quantitative estimate of drug-likeness (QED) is 0.696. The number of hydrogen-bond acceptors (Lipinski definition) is 6. The van der Waals surface area contributed by atoms with Crippen LogP contribution in [0.25, 0.3) is 0 Å². The molecule has 1 saturated carbocycles. The highest BCUT2D eigenvalue weighted by Gasteiger charge is 2.51. The Balaban J connectivity index is 1.80. The lowest BCUT2D eigenvalue weighted by molar-refractivity contribution is -0.133. The van der Waals surface area contributed by atoms with E-state index in [9.17, 15) is 9.59 Å². The number of ether oxygens (including phenoxy) is 2. The third kappa shape index (κ3) is 1.95. The molecule has 0 aromatic heterocycles. The third-order valence-electron chi connectivity index (χ3n) is 4.30. The van der Waals surface area contributed by atoms with Crippen molar-refractivity contribution in [3.05, 3.63) is 0 Å². The van der Waals surface area contributed by atoms with Crippen LogP contribution < -0.4 is 0 Å². The van der Waals surface area contributed by atoms with Crippen LogP contribution >= 0.6 is 0 Å². The minimum absolute atomic E-state index is 0.0750. The van der Waals surface area contributed by atoms with Crippen LogP contribution in [0.3, 0.4) is 0 Å². The Morgan fingerprint density at radius 2 is 1.37 bits per heavy atom. The zero-order valence-electron chi connectivity index (χ0n) is 11.0. The van der Waals surface area contributed by atoms with Gasteiger partial charge in [0.1, 0.15) is 13.1 Å². The molecule has 2 aliphatic heterocycles. The molecule has 0 radical (unpaired) electrons. The number of rotatable bonds is 2. The van der Waals surface area contributed by atoms with E-state index in [4.69, 9.17) is 9.47 Å². The van der Waals surface area contributed by atoms with Crippen molar-refractivity contribution in [2.45, 2.75) is 26.7 Å². The molecular weight excluding hydrogens is 248 g/mol. The molecule has 0 saturated heterocycles. The lowest BCUT2D eigenvalue weighted by Gasteiger charge is -2.31. The fraction of sp³-hybridized carbons (Fsp3) is 0.692. The lowest BCUT2D eigenvalue weighted by Crippen LogP contribution is -2.35. The van der Waals surface area contributed by atoms with Crippen molar-refractivity contribution in [2.24, 2.45) is 27.2 Å². The summed E-state index contributed by atoms with van der Waals surface area (Å²) in [5.41, 5.74) is -0.188. The molecule has 3 rings (SSSR count). The van der Waals surface area contributed by atoms with E-state index in [1.807, 2.05) is 0 Å². The first-order valence-corrected chi connectivity index (χ1v) is 6.48. The number of hydrogen-bond donors (Lipinski definition) is 0. The molecule has 6 nitrogen and oxygen atoms in total. The summed E-state index contributed by atoms with van der Waals surface area (Å²) in [5.74, 6) is 0.625. The fourth-order valence-electron chi connectivity index (χ4n) is 3.21. The van der Waals surface area contributed by atoms with Crippen LogP contribution in [-0.2, 0) is 19.1 Å². The normalized spacial score (nSPS) is 32.9. The van der Waals surface area contributed by atoms with E-state index in [-0.39, 0.29) is 42.3 Å². The van der Waals surface area contributed by atoms with E-state index in [0.29, 0.717) is 11.8 Å². The summed E-state index contributed by atoms with van der Waals surface area (Å²) < 4.78 is 10.4. The van der Waals surface area contributed by atoms with Gasteiger partial charge in [-0.3, -0.25) is 0 Å². The number of nitrogens with zero attached hydrogens (tertiary/aromatic N) is 2. The van der Waals surface area contributed by atoms with Crippen LogP contribution in [0.1, 0.15) is 26.7 Å². The molecule has 19 heavy (non-hydrogen) atoms. The van der Waals surface area contributed by atoms with Crippen molar-refractivity contribution >= 4 is 23.7 Å². The van der Waals surface area contributed by atoms with Crippen molar-refractivity contribution in [3.8, 4) is 0 Å². The molecule has 6 heteroatoms. The summed E-state index contributed by atoms with van der Waals surface area (Å²) in [7, 11) is 0. The molecule has 3 aliphatic rings. The molecule has 0 aromatic carbocycles. The van der Waals surface area contributed by atoms with Gasteiger partial charge in [-0.15, -0.1) is 0 Å². The molecule has 0 bridgehead atoms. The van der Waals surface area contributed by atoms with Crippen molar-refractivity contribution in [1.29, 1.82) is 0 Å². The van der Waals surface area contributed by atoms with Gasteiger partial charge in [-0.25, -0.2) is 19.6 Å². The van der Waals surface area contributed by atoms with Crippen LogP contribution in [0.15, 0.2) is 9.98 Å². The van der Waals surface area contributed by atoms with Crippen molar-refractivity contribution in [1.82, 2.24) is 0 Å². The van der Waals surface area contributed by atoms with Gasteiger partial charge in [0, 0.05) is 11.8 Å². The molecule has 102 valence electrons. The van der Waals surface area contributed by atoms with E-state index in [2.05, 4.69) is 23.8 Å². The maximum absolute atomic E-state index is 11.2. The van der Waals surface area contributed by atoms with Gasteiger partial charge >= 0.3 is 11.9 Å². The summed E-state index contributed by atoms with van der Waals surface area (Å²) in [6.45, 7) is 4.39. The Bertz CT molecular complexity index is 463. The van der Waals surface area contributed by atoms with Gasteiger partial charge in [-0.05, 0) is 18.3 Å². The van der Waals surface area contributed by atoms with Gasteiger partial charge in [0.2, 0.25) is 0 Å². The highest BCUT2D eigenvalue weighted by Crippen LogP contribution is 2.49. The van der Waals surface area contributed by atoms with E-state index in [0.717, 1.165) is 12.8 Å². The molecule has 1 aliphatic carbocycles. The maximum atomic E-state index is 11.2. The molecule has 0 N–H and O–H groups in total. The summed E-state index contributed by atoms with van der Waals surface area (Å²) in [6, 6.07) is 0. The number of cyclic esters (lactones) is 2. The van der Waals surface area contributed by atoms with E-state index in [1.165, 1.54) is 0 Å². The van der Waals surface area contributed by atoms with Crippen LogP contribution in [0.5, 0.6) is 0 Å². The van der Waals surface area contributed by atoms with E-state index >= 15 is 0 Å². The highest BCUT2D eigenvalue weighted by molar-refractivity contribution is 5.99. The number of carbonyl (C=O) groups excluding carboxylic acids is 2. The Hall–Kier alpha value is -1.72. The molecule has 0 unspecified atom stereocenters. The SMILES string of the molecule is CC1(C)[C@H](C2=NCC(=O)O2)CC[C@H]1C1=NCC(=O)O1. The average molecular weight is 264 g/mol. The molecule has 0 amide bonds. The Kier molecular flexibility index (Phi) is 2.69. The van der Waals surface area contributed by atoms with Gasteiger partial charge in [-0.1, -0.05) is 13.8 Å². The highest BCUT2D eigenvalue weighted by atomic mass is 16.6. The largest absolute Gasteiger partial charge is 0.410 e. The Morgan fingerprint density at radius 3 is 1.68 bits per heavy atom. The van der Waals surface area contributed by atoms with Crippen molar-refractivity contribution in [2.75, 3.05) is 13.1 Å². The predicted octanol–water partition coefficient (Wildman–Crippen LogP) is 0.949. The van der Waals surface area contributed by atoms with Gasteiger partial charge in [0.15, 0.2) is 11.8 Å². The summed E-state index contributed by atoms with van der Waals surface area (Å²) in [6.07, 6.45) is 1.72. The van der Waals surface area contributed by atoms with Crippen LogP contribution in [-0.4, -0.2) is 36.8 Å². The van der Waals surface area contributed by atoms with Crippen molar-refractivity contribution in [3.63, 3.8) is 0 Å². The van der Waals surface area contributed by atoms with Crippen molar-refractivity contribution < 1.29 is 19.1 Å². The Labute approximate surface area is 110 Å². The summed E-state index contributed by atoms with van der Waals surface area (Å²) in [4.78, 5) is 30.7. The minimum Gasteiger partial charge on any atom is -0.410 e. The zero-order valence-corrected chi connectivity index (χ0v) is 11.0. The number of carbonyl (C=O) groups is 2. The van der Waals surface area contributed by atoms with Gasteiger partial charge in [-0.2, -0.15) is 0 Å². The van der Waals surface area contributed by atoms with Crippen LogP contribution in [0, 0.1) is 17.3 Å². The van der Waals surface area contributed by atoms with Crippen LogP contribution in [0.4, 0.5) is 0 Å². The van der Waals surface area contributed by atoms with E-state index < -0.39 is 0 Å². The summed E-state index contributed by atoms with van der Waals surface area (Å²) >= 11 is 0. The van der Waals surface area contributed by atoms with Gasteiger partial charge in [0.05, 0.1) is 0 Å². The van der Waals surface area contributed by atoms with Gasteiger partial charge in [0.25, 0.3) is 0 Å². The first kappa shape index (κ1) is 12.3. The van der Waals surface area contributed by atoms with E-state index in [1.54, 1.807) is 0 Å². The minimum atomic E-state index is -0.293. The predicted molar refractivity (Wildman–Crippen MR) is 66.8 cm³/mol. The maximum Gasteiger partial charge on any atom is 0.334 e. The lowest BCUT2D eigenvalue weighted by atomic mass is 9.75. The second-order valence-electron chi connectivity index (χ2n) is 5.76. The molecule has 1 fully saturated rings. The van der Waals surface area contributed by atoms with Gasteiger partial charge < -0.3 is 9.47 Å². The second-order valence-corrected chi connectivity index (χ2v) is 5.76. The third-order valence-corrected chi connectivity index (χ3v) is 4.30. The fourth-order valence-corrected chi connectivity index (χ4v) is 3.21. The number of esters is 2. The first-order chi connectivity index (χ1) is 8.98. The Morgan fingerprint density at radius 1 is 0.947 bits per heavy atom. The standard InChI is InChI=1S/C13H16N2O4/c1-13(2)7(11-14-5-9(16)18-11)3-4-8(13)12-15-6-10(17)19-12/h7-8H,3-6H2,1-2H3/t7-,8-/m0/s1. The topological polar surface area (TPSA) is 77.3 Å². The average Bonchev–Trinajstić information content (AvgIpc) is 2.98. The molecule has 2 heterocycles. The molecular formula is C13H16N2O4.